The van der Waals surface area contributed by atoms with Crippen molar-refractivity contribution in [2.45, 2.75) is 97.5 Å². The lowest BCUT2D eigenvalue weighted by atomic mass is 10.1. The van der Waals surface area contributed by atoms with Crippen LogP contribution in [0.3, 0.4) is 0 Å². The molecule has 0 aliphatic rings. The molecule has 24 heavy (non-hydrogen) atoms. The number of ether oxygens (including phenoxy) is 1. The molecule has 0 atom stereocenters. The number of esters is 1. The summed E-state index contributed by atoms with van der Waals surface area (Å²) in [6.45, 7) is 4.72. The summed E-state index contributed by atoms with van der Waals surface area (Å²) in [5.74, 6) is -0.0626. The number of carbonyl (C=O) groups excluding carboxylic acids is 1. The Bertz CT molecular complexity index is 439. The molecule has 0 aromatic heterocycles. The standard InChI is InChI=1S/C22H36O2/c1-3-4-5-6-7-8-9-10-11-12-13-17-22(23)24-19-21-16-14-15-20(2)18-21/h14-16,18H,3-13,17,19H2,1-2H3. The van der Waals surface area contributed by atoms with Crippen LogP contribution in [0, 0.1) is 6.92 Å². The zero-order valence-electron chi connectivity index (χ0n) is 15.8. The Morgan fingerprint density at radius 3 is 2.04 bits per heavy atom. The quantitative estimate of drug-likeness (QED) is 0.278. The van der Waals surface area contributed by atoms with Gasteiger partial charge in [-0.15, -0.1) is 0 Å². The monoisotopic (exact) mass is 332 g/mol. The first kappa shape index (κ1) is 20.7. The van der Waals surface area contributed by atoms with E-state index in [-0.39, 0.29) is 5.97 Å². The van der Waals surface area contributed by atoms with Crippen molar-refractivity contribution in [3.63, 3.8) is 0 Å². The molecule has 0 fully saturated rings. The molecule has 0 radical (unpaired) electrons. The van der Waals surface area contributed by atoms with E-state index < -0.39 is 0 Å². The second kappa shape index (κ2) is 14.1. The first-order valence-electron chi connectivity index (χ1n) is 9.93. The molecule has 2 heteroatoms. The van der Waals surface area contributed by atoms with Crippen molar-refractivity contribution in [3.8, 4) is 0 Å². The van der Waals surface area contributed by atoms with Crippen LogP contribution in [0.25, 0.3) is 0 Å². The highest BCUT2D eigenvalue weighted by molar-refractivity contribution is 5.69. The van der Waals surface area contributed by atoms with Crippen LogP contribution in [0.5, 0.6) is 0 Å². The van der Waals surface area contributed by atoms with Crippen molar-refractivity contribution < 1.29 is 9.53 Å². The highest BCUT2D eigenvalue weighted by Crippen LogP contribution is 2.12. The SMILES string of the molecule is CCCCCCCCCCCCCC(=O)OCc1cccc(C)c1. The molecule has 0 spiro atoms. The molecular weight excluding hydrogens is 296 g/mol. The van der Waals surface area contributed by atoms with Gasteiger partial charge in [-0.3, -0.25) is 4.79 Å². The second-order valence-electron chi connectivity index (χ2n) is 6.94. The Morgan fingerprint density at radius 1 is 0.875 bits per heavy atom. The fourth-order valence-electron chi connectivity index (χ4n) is 2.97. The van der Waals surface area contributed by atoms with E-state index in [1.54, 1.807) is 0 Å². The van der Waals surface area contributed by atoms with E-state index in [1.807, 2.05) is 12.1 Å². The second-order valence-corrected chi connectivity index (χ2v) is 6.94. The smallest absolute Gasteiger partial charge is 0.306 e. The van der Waals surface area contributed by atoms with E-state index in [0.717, 1.165) is 18.4 Å². The number of unbranched alkanes of at least 4 members (excludes halogenated alkanes) is 10. The van der Waals surface area contributed by atoms with Crippen molar-refractivity contribution in [1.82, 2.24) is 0 Å². The van der Waals surface area contributed by atoms with Gasteiger partial charge in [-0.25, -0.2) is 0 Å². The van der Waals surface area contributed by atoms with Crippen LogP contribution in [-0.2, 0) is 16.1 Å². The molecule has 136 valence electrons. The fourth-order valence-corrected chi connectivity index (χ4v) is 2.97. The summed E-state index contributed by atoms with van der Waals surface area (Å²) in [4.78, 5) is 11.7. The fraction of sp³-hybridized carbons (Fsp3) is 0.682. The molecular formula is C22H36O2. The molecule has 0 aliphatic heterocycles. The van der Waals surface area contributed by atoms with Crippen LogP contribution >= 0.6 is 0 Å². The minimum Gasteiger partial charge on any atom is -0.461 e. The van der Waals surface area contributed by atoms with Crippen molar-refractivity contribution in [2.75, 3.05) is 0 Å². The Morgan fingerprint density at radius 2 is 1.46 bits per heavy atom. The first-order chi connectivity index (χ1) is 11.7. The van der Waals surface area contributed by atoms with E-state index in [1.165, 1.54) is 63.4 Å². The van der Waals surface area contributed by atoms with E-state index in [4.69, 9.17) is 4.74 Å². The third-order valence-electron chi connectivity index (χ3n) is 4.47. The van der Waals surface area contributed by atoms with E-state index in [0.29, 0.717) is 13.0 Å². The predicted molar refractivity (Wildman–Crippen MR) is 102 cm³/mol. The minimum absolute atomic E-state index is 0.0626. The van der Waals surface area contributed by atoms with Crippen molar-refractivity contribution in [1.29, 1.82) is 0 Å². The largest absolute Gasteiger partial charge is 0.461 e. The lowest BCUT2D eigenvalue weighted by molar-refractivity contribution is -0.145. The van der Waals surface area contributed by atoms with E-state index in [2.05, 4.69) is 26.0 Å². The third kappa shape index (κ3) is 11.3. The summed E-state index contributed by atoms with van der Waals surface area (Å²) in [6.07, 6.45) is 14.9. The lowest BCUT2D eigenvalue weighted by Gasteiger charge is -2.06. The lowest BCUT2D eigenvalue weighted by Crippen LogP contribution is -2.04. The highest BCUT2D eigenvalue weighted by Gasteiger charge is 2.03. The predicted octanol–water partition coefficient (Wildman–Crippen LogP) is 6.74. The normalized spacial score (nSPS) is 10.8. The number of rotatable bonds is 14. The van der Waals surface area contributed by atoms with Gasteiger partial charge >= 0.3 is 5.97 Å². The van der Waals surface area contributed by atoms with E-state index in [9.17, 15) is 4.79 Å². The number of hydrogen-bond acceptors (Lipinski definition) is 2. The van der Waals surface area contributed by atoms with Gasteiger partial charge in [-0.1, -0.05) is 101 Å². The highest BCUT2D eigenvalue weighted by atomic mass is 16.5. The van der Waals surface area contributed by atoms with Crippen LogP contribution in [0.15, 0.2) is 24.3 Å². The average Bonchev–Trinajstić information content (AvgIpc) is 2.58. The Kier molecular flexibility index (Phi) is 12.2. The van der Waals surface area contributed by atoms with Gasteiger partial charge in [0, 0.05) is 6.42 Å². The first-order valence-corrected chi connectivity index (χ1v) is 9.93. The van der Waals surface area contributed by atoms with Crippen LogP contribution in [0.4, 0.5) is 0 Å². The van der Waals surface area contributed by atoms with Crippen molar-refractivity contribution in [2.24, 2.45) is 0 Å². The summed E-state index contributed by atoms with van der Waals surface area (Å²) in [5.41, 5.74) is 2.27. The number of carbonyl (C=O) groups is 1. The average molecular weight is 333 g/mol. The van der Waals surface area contributed by atoms with Gasteiger partial charge in [-0.05, 0) is 18.9 Å². The maximum atomic E-state index is 11.7. The molecule has 0 aliphatic carbocycles. The van der Waals surface area contributed by atoms with E-state index >= 15 is 0 Å². The number of hydrogen-bond donors (Lipinski definition) is 0. The van der Waals surface area contributed by atoms with Gasteiger partial charge in [0.2, 0.25) is 0 Å². The van der Waals surface area contributed by atoms with Gasteiger partial charge in [0.1, 0.15) is 6.61 Å². The Labute approximate surface area is 149 Å². The van der Waals surface area contributed by atoms with Crippen LogP contribution in [-0.4, -0.2) is 5.97 Å². The molecule has 0 saturated carbocycles. The van der Waals surface area contributed by atoms with Crippen LogP contribution in [0.1, 0.15) is 95.1 Å². The molecule has 0 saturated heterocycles. The molecule has 0 amide bonds. The van der Waals surface area contributed by atoms with Crippen molar-refractivity contribution in [3.05, 3.63) is 35.4 Å². The Balaban J connectivity index is 1.89. The molecule has 0 heterocycles. The third-order valence-corrected chi connectivity index (χ3v) is 4.47. The molecule has 0 bridgehead atoms. The van der Waals surface area contributed by atoms with Gasteiger partial charge in [0.05, 0.1) is 0 Å². The molecule has 1 aromatic rings. The zero-order chi connectivity index (χ0) is 17.5. The number of benzene rings is 1. The van der Waals surface area contributed by atoms with Gasteiger partial charge in [0.15, 0.2) is 0 Å². The summed E-state index contributed by atoms with van der Waals surface area (Å²) in [7, 11) is 0. The van der Waals surface area contributed by atoms with Gasteiger partial charge in [-0.2, -0.15) is 0 Å². The molecule has 1 rings (SSSR count). The van der Waals surface area contributed by atoms with Crippen molar-refractivity contribution >= 4 is 5.97 Å². The number of aryl methyl sites for hydroxylation is 1. The van der Waals surface area contributed by atoms with Crippen LogP contribution in [0.2, 0.25) is 0 Å². The molecule has 0 unspecified atom stereocenters. The molecule has 1 aromatic carbocycles. The minimum atomic E-state index is -0.0626. The topological polar surface area (TPSA) is 26.3 Å². The van der Waals surface area contributed by atoms with Gasteiger partial charge < -0.3 is 4.74 Å². The summed E-state index contributed by atoms with van der Waals surface area (Å²) in [5, 5.41) is 0. The summed E-state index contributed by atoms with van der Waals surface area (Å²) >= 11 is 0. The van der Waals surface area contributed by atoms with Gasteiger partial charge in [0.25, 0.3) is 0 Å². The summed E-state index contributed by atoms with van der Waals surface area (Å²) in [6, 6.07) is 8.12. The van der Waals surface area contributed by atoms with Crippen LogP contribution < -0.4 is 0 Å². The molecule has 0 N–H and O–H groups in total. The zero-order valence-corrected chi connectivity index (χ0v) is 15.8. The maximum absolute atomic E-state index is 11.7. The molecule has 2 nitrogen and oxygen atoms in total. The summed E-state index contributed by atoms with van der Waals surface area (Å²) < 4.78 is 5.34. The maximum Gasteiger partial charge on any atom is 0.306 e. The Hall–Kier alpha value is -1.31.